The van der Waals surface area contributed by atoms with E-state index in [0.717, 1.165) is 10.9 Å². The van der Waals surface area contributed by atoms with Crippen LogP contribution in [0.3, 0.4) is 0 Å². The van der Waals surface area contributed by atoms with Crippen molar-refractivity contribution in [3.63, 3.8) is 0 Å². The zero-order valence-electron chi connectivity index (χ0n) is 10.3. The molecule has 2 nitrogen and oxygen atoms in total. The first kappa shape index (κ1) is 13.5. The molecule has 2 N–H and O–H groups in total. The molecule has 5 heteroatoms. The Morgan fingerprint density at radius 1 is 1.37 bits per heavy atom. The van der Waals surface area contributed by atoms with Gasteiger partial charge in [0, 0.05) is 22.5 Å². The lowest BCUT2D eigenvalue weighted by molar-refractivity contribution is 0.473. The average molecular weight is 278 g/mol. The van der Waals surface area contributed by atoms with Crippen LogP contribution in [0, 0.1) is 23.0 Å². The monoisotopic (exact) mass is 278 g/mol. The van der Waals surface area contributed by atoms with Crippen LogP contribution >= 0.6 is 11.3 Å². The number of hydrogen-bond acceptors (Lipinski definition) is 3. The number of nitriles is 1. The summed E-state index contributed by atoms with van der Waals surface area (Å²) < 4.78 is 27.3. The van der Waals surface area contributed by atoms with E-state index in [-0.39, 0.29) is 11.3 Å². The highest BCUT2D eigenvalue weighted by Crippen LogP contribution is 2.35. The Balaban J connectivity index is 2.53. The lowest BCUT2D eigenvalue weighted by Crippen LogP contribution is -2.26. The van der Waals surface area contributed by atoms with Gasteiger partial charge in [-0.05, 0) is 30.5 Å². The Labute approximate surface area is 114 Å². The molecule has 1 unspecified atom stereocenters. The highest BCUT2D eigenvalue weighted by molar-refractivity contribution is 7.09. The molecule has 0 spiro atoms. The Kier molecular flexibility index (Phi) is 3.54. The number of nitrogens with zero attached hydrogens (tertiary/aromatic N) is 1. The smallest absolute Gasteiger partial charge is 0.165 e. The summed E-state index contributed by atoms with van der Waals surface area (Å²) in [5.74, 6) is -2.03. The van der Waals surface area contributed by atoms with Crippen molar-refractivity contribution in [3.8, 4) is 6.07 Å². The van der Waals surface area contributed by atoms with E-state index in [9.17, 15) is 14.0 Å². The number of benzene rings is 1. The minimum absolute atomic E-state index is 0.0663. The van der Waals surface area contributed by atoms with E-state index in [2.05, 4.69) is 6.07 Å². The van der Waals surface area contributed by atoms with E-state index in [4.69, 9.17) is 5.73 Å². The van der Waals surface area contributed by atoms with Crippen LogP contribution in [-0.2, 0) is 11.8 Å². The first-order valence-corrected chi connectivity index (χ1v) is 6.53. The van der Waals surface area contributed by atoms with Crippen LogP contribution in [0.4, 0.5) is 14.5 Å². The molecule has 0 saturated carbocycles. The second-order valence-electron chi connectivity index (χ2n) is 4.53. The van der Waals surface area contributed by atoms with Crippen molar-refractivity contribution in [1.29, 1.82) is 5.26 Å². The first-order chi connectivity index (χ1) is 8.98. The van der Waals surface area contributed by atoms with E-state index in [1.54, 1.807) is 6.92 Å². The van der Waals surface area contributed by atoms with E-state index in [1.807, 2.05) is 17.5 Å². The van der Waals surface area contributed by atoms with Gasteiger partial charge in [0.2, 0.25) is 0 Å². The van der Waals surface area contributed by atoms with E-state index in [1.165, 1.54) is 17.4 Å². The first-order valence-electron chi connectivity index (χ1n) is 5.65. The number of nitrogens with two attached hydrogens (primary N) is 1. The van der Waals surface area contributed by atoms with Gasteiger partial charge in [-0.1, -0.05) is 6.07 Å². The number of halogens is 2. The van der Waals surface area contributed by atoms with Gasteiger partial charge in [0.15, 0.2) is 11.6 Å². The molecule has 0 aliphatic carbocycles. The van der Waals surface area contributed by atoms with Crippen LogP contribution < -0.4 is 5.73 Å². The number of rotatable bonds is 3. The van der Waals surface area contributed by atoms with Gasteiger partial charge in [0.25, 0.3) is 0 Å². The van der Waals surface area contributed by atoms with E-state index >= 15 is 0 Å². The quantitative estimate of drug-likeness (QED) is 0.871. The SMILES string of the molecule is CC(C#N)(Cc1cccs1)c1c(N)ccc(F)c1F. The fourth-order valence-electron chi connectivity index (χ4n) is 2.07. The maximum Gasteiger partial charge on any atom is 0.165 e. The molecule has 0 aliphatic heterocycles. The molecule has 2 aromatic rings. The summed E-state index contributed by atoms with van der Waals surface area (Å²) in [6.07, 6.45) is 0.297. The van der Waals surface area contributed by atoms with Crippen molar-refractivity contribution < 1.29 is 8.78 Å². The molecule has 1 atom stereocenters. The van der Waals surface area contributed by atoms with Crippen molar-refractivity contribution in [2.75, 3.05) is 5.73 Å². The van der Waals surface area contributed by atoms with Gasteiger partial charge in [0.05, 0.1) is 11.5 Å². The van der Waals surface area contributed by atoms with Crippen molar-refractivity contribution in [2.24, 2.45) is 0 Å². The number of anilines is 1. The molecule has 98 valence electrons. The summed E-state index contributed by atoms with van der Waals surface area (Å²) in [4.78, 5) is 0.923. The van der Waals surface area contributed by atoms with Gasteiger partial charge in [-0.3, -0.25) is 0 Å². The highest BCUT2D eigenvalue weighted by atomic mass is 32.1. The second kappa shape index (κ2) is 4.98. The summed E-state index contributed by atoms with van der Waals surface area (Å²) in [6.45, 7) is 1.57. The van der Waals surface area contributed by atoms with Crippen LogP contribution in [-0.4, -0.2) is 0 Å². The molecule has 0 amide bonds. The summed E-state index contributed by atoms with van der Waals surface area (Å²) in [5, 5.41) is 11.3. The molecule has 19 heavy (non-hydrogen) atoms. The summed E-state index contributed by atoms with van der Waals surface area (Å²) >= 11 is 1.47. The predicted molar refractivity (Wildman–Crippen MR) is 71.8 cm³/mol. The Morgan fingerprint density at radius 3 is 2.68 bits per heavy atom. The molecule has 0 radical (unpaired) electrons. The van der Waals surface area contributed by atoms with E-state index in [0.29, 0.717) is 6.42 Å². The zero-order chi connectivity index (χ0) is 14.0. The molecule has 0 aliphatic rings. The lowest BCUT2D eigenvalue weighted by Gasteiger charge is -2.23. The van der Waals surface area contributed by atoms with Crippen LogP contribution in [0.1, 0.15) is 17.4 Å². The number of hydrogen-bond donors (Lipinski definition) is 1. The van der Waals surface area contributed by atoms with Crippen LogP contribution in [0.25, 0.3) is 0 Å². The summed E-state index contributed by atoms with van der Waals surface area (Å²) in [5.41, 5.74) is 4.56. The Bertz CT molecular complexity index is 632. The number of nitrogen functional groups attached to an aromatic ring is 1. The zero-order valence-corrected chi connectivity index (χ0v) is 11.1. The predicted octanol–water partition coefficient (Wildman–Crippen LogP) is 3.63. The average Bonchev–Trinajstić information content (AvgIpc) is 2.87. The van der Waals surface area contributed by atoms with Crippen LogP contribution in [0.15, 0.2) is 29.6 Å². The normalized spacial score (nSPS) is 13.8. The molecule has 0 saturated heterocycles. The maximum atomic E-state index is 14.0. The van der Waals surface area contributed by atoms with Gasteiger partial charge >= 0.3 is 0 Å². The third-order valence-corrected chi connectivity index (χ3v) is 3.91. The topological polar surface area (TPSA) is 49.8 Å². The molecular weight excluding hydrogens is 266 g/mol. The van der Waals surface area contributed by atoms with Gasteiger partial charge < -0.3 is 5.73 Å². The molecule has 1 heterocycles. The minimum Gasteiger partial charge on any atom is -0.398 e. The summed E-state index contributed by atoms with van der Waals surface area (Å²) in [7, 11) is 0. The van der Waals surface area contributed by atoms with Crippen molar-refractivity contribution in [2.45, 2.75) is 18.8 Å². The summed E-state index contributed by atoms with van der Waals surface area (Å²) in [6, 6.07) is 8.03. The second-order valence-corrected chi connectivity index (χ2v) is 5.56. The third-order valence-electron chi connectivity index (χ3n) is 3.03. The Hall–Kier alpha value is -1.93. The van der Waals surface area contributed by atoms with Gasteiger partial charge in [-0.25, -0.2) is 8.78 Å². The van der Waals surface area contributed by atoms with Crippen LogP contribution in [0.2, 0.25) is 0 Å². The number of thiophene rings is 1. The largest absolute Gasteiger partial charge is 0.398 e. The molecule has 1 aromatic carbocycles. The fraction of sp³-hybridized carbons (Fsp3) is 0.214. The van der Waals surface area contributed by atoms with Gasteiger partial charge in [-0.15, -0.1) is 11.3 Å². The standard InChI is InChI=1S/C14H12F2N2S/c1-14(8-17,7-9-3-2-6-19-9)12-11(18)5-4-10(15)13(12)16/h2-6H,7,18H2,1H3. The fourth-order valence-corrected chi connectivity index (χ4v) is 2.93. The third kappa shape index (κ3) is 2.45. The Morgan fingerprint density at radius 2 is 2.11 bits per heavy atom. The lowest BCUT2D eigenvalue weighted by atomic mass is 9.79. The van der Waals surface area contributed by atoms with Gasteiger partial charge in [0.1, 0.15) is 0 Å². The molecule has 0 bridgehead atoms. The van der Waals surface area contributed by atoms with Crippen molar-refractivity contribution in [3.05, 3.63) is 51.7 Å². The van der Waals surface area contributed by atoms with Gasteiger partial charge in [-0.2, -0.15) is 5.26 Å². The highest BCUT2D eigenvalue weighted by Gasteiger charge is 2.33. The van der Waals surface area contributed by atoms with Crippen LogP contribution in [0.5, 0.6) is 0 Å². The maximum absolute atomic E-state index is 14.0. The van der Waals surface area contributed by atoms with E-state index < -0.39 is 17.0 Å². The van der Waals surface area contributed by atoms with Crippen molar-refractivity contribution >= 4 is 17.0 Å². The molecule has 1 aromatic heterocycles. The van der Waals surface area contributed by atoms with Crippen molar-refractivity contribution in [1.82, 2.24) is 0 Å². The molecule has 2 rings (SSSR count). The molecular formula is C14H12F2N2S. The minimum atomic E-state index is -1.19. The molecule has 0 fully saturated rings.